The maximum Gasteiger partial charge on any atom is 0.227 e. The van der Waals surface area contributed by atoms with Crippen LogP contribution in [0.15, 0.2) is 18.2 Å². The van der Waals surface area contributed by atoms with Gasteiger partial charge < -0.3 is 14.8 Å². The lowest BCUT2D eigenvalue weighted by Gasteiger charge is -2.15. The van der Waals surface area contributed by atoms with Crippen LogP contribution in [-0.4, -0.2) is 30.3 Å². The van der Waals surface area contributed by atoms with Gasteiger partial charge in [-0.2, -0.15) is 5.10 Å². The number of benzene rings is 1. The number of amides is 1. The highest BCUT2D eigenvalue weighted by Crippen LogP contribution is 2.25. The van der Waals surface area contributed by atoms with E-state index >= 15 is 0 Å². The number of nitrogens with one attached hydrogen (secondary N) is 2. The van der Waals surface area contributed by atoms with Gasteiger partial charge in [-0.25, -0.2) is 0 Å². The van der Waals surface area contributed by atoms with Crippen molar-refractivity contribution in [3.63, 3.8) is 0 Å². The summed E-state index contributed by atoms with van der Waals surface area (Å²) >= 11 is 0. The summed E-state index contributed by atoms with van der Waals surface area (Å²) in [6, 6.07) is 5.53. The molecule has 0 bridgehead atoms. The smallest absolute Gasteiger partial charge is 0.227 e. The first-order chi connectivity index (χ1) is 11.0. The number of aromatic amines is 1. The van der Waals surface area contributed by atoms with Crippen LogP contribution < -0.4 is 14.8 Å². The number of hydrogen-bond acceptors (Lipinski definition) is 4. The second-order valence-corrected chi connectivity index (χ2v) is 5.46. The van der Waals surface area contributed by atoms with Crippen molar-refractivity contribution >= 4 is 5.91 Å². The third-order valence-corrected chi connectivity index (χ3v) is 3.96. The molecule has 6 nitrogen and oxygen atoms in total. The van der Waals surface area contributed by atoms with E-state index in [1.165, 1.54) is 0 Å². The van der Waals surface area contributed by atoms with Crippen LogP contribution in [0.2, 0.25) is 0 Å². The first-order valence-corrected chi connectivity index (χ1v) is 7.48. The molecule has 1 aromatic heterocycles. The largest absolute Gasteiger partial charge is 0.497 e. The highest BCUT2D eigenvalue weighted by Gasteiger charge is 2.21. The van der Waals surface area contributed by atoms with Crippen LogP contribution in [0.3, 0.4) is 0 Å². The lowest BCUT2D eigenvalue weighted by Crippen LogP contribution is -2.28. The molecule has 6 heteroatoms. The number of H-pyrrole nitrogens is 1. The fourth-order valence-electron chi connectivity index (χ4n) is 2.66. The summed E-state index contributed by atoms with van der Waals surface area (Å²) in [5.41, 5.74) is 3.62. The van der Waals surface area contributed by atoms with Crippen LogP contribution in [0, 0.1) is 13.8 Å². The van der Waals surface area contributed by atoms with Gasteiger partial charge in [-0.3, -0.25) is 9.89 Å². The second-order valence-electron chi connectivity index (χ2n) is 5.46. The lowest BCUT2D eigenvalue weighted by molar-refractivity contribution is -0.122. The van der Waals surface area contributed by atoms with Crippen molar-refractivity contribution in [2.75, 3.05) is 14.2 Å². The number of methoxy groups -OCH3 is 2. The van der Waals surface area contributed by atoms with Gasteiger partial charge in [0.25, 0.3) is 0 Å². The van der Waals surface area contributed by atoms with Gasteiger partial charge in [0, 0.05) is 29.4 Å². The molecule has 23 heavy (non-hydrogen) atoms. The molecule has 0 aliphatic carbocycles. The van der Waals surface area contributed by atoms with Crippen molar-refractivity contribution in [2.24, 2.45) is 0 Å². The minimum atomic E-state index is -0.266. The summed E-state index contributed by atoms with van der Waals surface area (Å²) in [6.07, 6.45) is 0. The number of carbonyl (C=O) groups is 1. The number of aromatic nitrogens is 2. The average molecular weight is 317 g/mol. The van der Waals surface area contributed by atoms with E-state index in [4.69, 9.17) is 9.47 Å². The number of hydrogen-bond donors (Lipinski definition) is 2. The van der Waals surface area contributed by atoms with Crippen LogP contribution in [0.5, 0.6) is 11.5 Å². The second kappa shape index (κ2) is 7.17. The molecule has 2 N–H and O–H groups in total. The Morgan fingerprint density at radius 3 is 2.61 bits per heavy atom. The maximum atomic E-state index is 12.4. The molecule has 1 amide bonds. The predicted molar refractivity (Wildman–Crippen MR) is 87.9 cm³/mol. The van der Waals surface area contributed by atoms with Crippen molar-refractivity contribution in [1.29, 1.82) is 0 Å². The molecule has 2 aromatic rings. The predicted octanol–water partition coefficient (Wildman–Crippen LogP) is 2.46. The third-order valence-electron chi connectivity index (χ3n) is 3.96. The van der Waals surface area contributed by atoms with Crippen LogP contribution in [0.4, 0.5) is 0 Å². The highest BCUT2D eigenvalue weighted by molar-refractivity contribution is 5.83. The molecular formula is C17H23N3O3. The molecule has 0 radical (unpaired) electrons. The first-order valence-electron chi connectivity index (χ1n) is 7.48. The lowest BCUT2D eigenvalue weighted by atomic mass is 9.98. The van der Waals surface area contributed by atoms with Gasteiger partial charge in [-0.15, -0.1) is 0 Å². The highest BCUT2D eigenvalue weighted by atomic mass is 16.5. The van der Waals surface area contributed by atoms with E-state index in [1.54, 1.807) is 20.3 Å². The zero-order chi connectivity index (χ0) is 17.0. The molecule has 124 valence electrons. The van der Waals surface area contributed by atoms with E-state index in [0.29, 0.717) is 12.3 Å². The Morgan fingerprint density at radius 2 is 2.04 bits per heavy atom. The summed E-state index contributed by atoms with van der Waals surface area (Å²) in [7, 11) is 3.20. The summed E-state index contributed by atoms with van der Waals surface area (Å²) in [5.74, 6) is 1.09. The van der Waals surface area contributed by atoms with Gasteiger partial charge in [0.1, 0.15) is 11.5 Å². The normalized spacial score (nSPS) is 11.9. The summed E-state index contributed by atoms with van der Waals surface area (Å²) in [6.45, 7) is 6.10. The van der Waals surface area contributed by atoms with Crippen molar-refractivity contribution < 1.29 is 14.3 Å². The number of nitrogens with zero attached hydrogens (tertiary/aromatic N) is 1. The Labute approximate surface area is 136 Å². The van der Waals surface area contributed by atoms with Crippen molar-refractivity contribution in [1.82, 2.24) is 15.5 Å². The van der Waals surface area contributed by atoms with E-state index in [0.717, 1.165) is 28.3 Å². The fourth-order valence-corrected chi connectivity index (χ4v) is 2.66. The van der Waals surface area contributed by atoms with Crippen molar-refractivity contribution in [3.8, 4) is 11.5 Å². The molecule has 2 rings (SSSR count). The first kappa shape index (κ1) is 16.9. The Balaban J connectivity index is 2.07. The molecule has 0 aliphatic heterocycles. The molecule has 0 saturated heterocycles. The standard InChI is InChI=1S/C17H23N3O3/c1-10(16-11(2)19-20-12(16)3)17(21)18-9-13-6-7-14(22-4)8-15(13)23-5/h6-8,10H,9H2,1-5H3,(H,18,21)(H,19,20)/t10-/m1/s1. The van der Waals surface area contributed by atoms with Gasteiger partial charge in [-0.1, -0.05) is 0 Å². The fraction of sp³-hybridized carbons (Fsp3) is 0.412. The molecule has 0 unspecified atom stereocenters. The van der Waals surface area contributed by atoms with E-state index < -0.39 is 0 Å². The number of rotatable bonds is 6. The monoisotopic (exact) mass is 317 g/mol. The van der Waals surface area contributed by atoms with Gasteiger partial charge in [-0.05, 0) is 32.9 Å². The SMILES string of the molecule is COc1ccc(CNC(=O)[C@H](C)c2c(C)n[nH]c2C)c(OC)c1. The Morgan fingerprint density at radius 1 is 1.30 bits per heavy atom. The van der Waals surface area contributed by atoms with E-state index in [-0.39, 0.29) is 11.8 Å². The maximum absolute atomic E-state index is 12.4. The minimum absolute atomic E-state index is 0.0459. The Bertz CT molecular complexity index is 675. The van der Waals surface area contributed by atoms with E-state index in [1.807, 2.05) is 32.9 Å². The topological polar surface area (TPSA) is 76.2 Å². The Hall–Kier alpha value is -2.50. The molecule has 0 fully saturated rings. The van der Waals surface area contributed by atoms with Crippen LogP contribution in [0.1, 0.15) is 35.4 Å². The Kier molecular flexibility index (Phi) is 5.26. The summed E-state index contributed by atoms with van der Waals surface area (Å²) < 4.78 is 10.5. The zero-order valence-electron chi connectivity index (χ0n) is 14.2. The number of ether oxygens (including phenoxy) is 2. The van der Waals surface area contributed by atoms with E-state index in [9.17, 15) is 4.79 Å². The number of carbonyl (C=O) groups excluding carboxylic acids is 1. The zero-order valence-corrected chi connectivity index (χ0v) is 14.2. The quantitative estimate of drug-likeness (QED) is 0.858. The molecule has 0 spiro atoms. The van der Waals surface area contributed by atoms with Gasteiger partial charge in [0.15, 0.2) is 0 Å². The van der Waals surface area contributed by atoms with Crippen molar-refractivity contribution in [2.45, 2.75) is 33.2 Å². The average Bonchev–Trinajstić information content (AvgIpc) is 2.90. The summed E-state index contributed by atoms with van der Waals surface area (Å²) in [5, 5.41) is 10.0. The van der Waals surface area contributed by atoms with E-state index in [2.05, 4.69) is 15.5 Å². The molecule has 1 atom stereocenters. The molecular weight excluding hydrogens is 294 g/mol. The van der Waals surface area contributed by atoms with Crippen LogP contribution >= 0.6 is 0 Å². The third kappa shape index (κ3) is 3.64. The molecule has 1 heterocycles. The number of aryl methyl sites for hydroxylation is 2. The van der Waals surface area contributed by atoms with Gasteiger partial charge in [0.2, 0.25) is 5.91 Å². The minimum Gasteiger partial charge on any atom is -0.497 e. The molecule has 1 aromatic carbocycles. The van der Waals surface area contributed by atoms with Crippen molar-refractivity contribution in [3.05, 3.63) is 40.7 Å². The van der Waals surface area contributed by atoms with Crippen LogP contribution in [-0.2, 0) is 11.3 Å². The summed E-state index contributed by atoms with van der Waals surface area (Å²) in [4.78, 5) is 12.4. The van der Waals surface area contributed by atoms with Gasteiger partial charge in [0.05, 0.1) is 25.8 Å². The molecule has 0 aliphatic rings. The molecule has 0 saturated carbocycles. The van der Waals surface area contributed by atoms with Crippen LogP contribution in [0.25, 0.3) is 0 Å². The van der Waals surface area contributed by atoms with Gasteiger partial charge >= 0.3 is 0 Å².